The van der Waals surface area contributed by atoms with Crippen molar-refractivity contribution in [1.82, 2.24) is 5.32 Å². The fraction of sp³-hybridized carbons (Fsp3) is 0.385. The molecule has 1 rings (SSSR count). The highest BCUT2D eigenvalue weighted by Crippen LogP contribution is 2.16. The van der Waals surface area contributed by atoms with Gasteiger partial charge in [-0.2, -0.15) is 5.26 Å². The Morgan fingerprint density at radius 1 is 1.38 bits per heavy atom. The van der Waals surface area contributed by atoms with Crippen molar-refractivity contribution in [2.45, 2.75) is 26.8 Å². The second-order valence-electron chi connectivity index (χ2n) is 3.94. The van der Waals surface area contributed by atoms with E-state index >= 15 is 0 Å². The maximum atomic E-state index is 11.5. The maximum absolute atomic E-state index is 11.5. The molecule has 0 saturated heterocycles. The fourth-order valence-corrected chi connectivity index (χ4v) is 1.55. The molecule has 0 aromatic heterocycles. The van der Waals surface area contributed by atoms with E-state index in [9.17, 15) is 4.79 Å². The van der Waals surface area contributed by atoms with Crippen LogP contribution >= 0.6 is 0 Å². The SMILES string of the molecule is Cc1ccccc1[C@@H](C)NC(=O)[C@H](C)C#N. The van der Waals surface area contributed by atoms with Crippen LogP contribution in [0.4, 0.5) is 0 Å². The third-order valence-electron chi connectivity index (χ3n) is 2.60. The molecule has 84 valence electrons. The summed E-state index contributed by atoms with van der Waals surface area (Å²) in [6.45, 7) is 5.52. The number of hydrogen-bond acceptors (Lipinski definition) is 2. The first kappa shape index (κ1) is 12.3. The predicted octanol–water partition coefficient (Wildman–Crippen LogP) is 2.33. The lowest BCUT2D eigenvalue weighted by Gasteiger charge is -2.17. The standard InChI is InChI=1S/C13H16N2O/c1-9-6-4-5-7-12(9)11(3)15-13(16)10(2)8-14/h4-7,10-11H,1-3H3,(H,15,16)/t10-,11-/m1/s1. The Labute approximate surface area is 96.1 Å². The van der Waals surface area contributed by atoms with Crippen molar-refractivity contribution < 1.29 is 4.79 Å². The molecule has 1 amide bonds. The molecule has 1 N–H and O–H groups in total. The van der Waals surface area contributed by atoms with Crippen LogP contribution in [0, 0.1) is 24.2 Å². The summed E-state index contributed by atoms with van der Waals surface area (Å²) in [5.41, 5.74) is 2.22. The zero-order valence-corrected chi connectivity index (χ0v) is 9.82. The Hall–Kier alpha value is -1.82. The Morgan fingerprint density at radius 2 is 2.00 bits per heavy atom. The highest BCUT2D eigenvalue weighted by Gasteiger charge is 2.15. The molecule has 16 heavy (non-hydrogen) atoms. The van der Waals surface area contributed by atoms with Crippen molar-refractivity contribution in [2.24, 2.45) is 5.92 Å². The van der Waals surface area contributed by atoms with E-state index in [0.29, 0.717) is 0 Å². The van der Waals surface area contributed by atoms with Gasteiger partial charge in [0.1, 0.15) is 5.92 Å². The Balaban J connectivity index is 2.74. The summed E-state index contributed by atoms with van der Waals surface area (Å²) in [5.74, 6) is -0.829. The van der Waals surface area contributed by atoms with Crippen LogP contribution in [0.25, 0.3) is 0 Å². The molecule has 0 bridgehead atoms. The number of nitrogens with zero attached hydrogens (tertiary/aromatic N) is 1. The molecule has 1 aromatic carbocycles. The van der Waals surface area contributed by atoms with Crippen molar-refractivity contribution in [2.75, 3.05) is 0 Å². The van der Waals surface area contributed by atoms with Crippen molar-refractivity contribution >= 4 is 5.91 Å². The number of rotatable bonds is 3. The molecule has 0 aliphatic rings. The molecule has 3 heteroatoms. The van der Waals surface area contributed by atoms with Gasteiger partial charge in [0.25, 0.3) is 0 Å². The molecule has 0 saturated carbocycles. The van der Waals surface area contributed by atoms with Crippen molar-refractivity contribution in [3.8, 4) is 6.07 Å². The van der Waals surface area contributed by atoms with Gasteiger partial charge < -0.3 is 5.32 Å². The van der Waals surface area contributed by atoms with Gasteiger partial charge >= 0.3 is 0 Å². The lowest BCUT2D eigenvalue weighted by Crippen LogP contribution is -2.31. The number of aryl methyl sites for hydroxylation is 1. The molecule has 0 aliphatic heterocycles. The third-order valence-corrected chi connectivity index (χ3v) is 2.60. The topological polar surface area (TPSA) is 52.9 Å². The minimum absolute atomic E-state index is 0.0653. The van der Waals surface area contributed by atoms with Crippen LogP contribution < -0.4 is 5.32 Å². The van der Waals surface area contributed by atoms with Crippen LogP contribution in [0.5, 0.6) is 0 Å². The van der Waals surface area contributed by atoms with E-state index in [1.165, 1.54) is 0 Å². The lowest BCUT2D eigenvalue weighted by molar-refractivity contribution is -0.123. The van der Waals surface area contributed by atoms with E-state index in [1.807, 2.05) is 44.2 Å². The zero-order valence-electron chi connectivity index (χ0n) is 9.82. The summed E-state index contributed by atoms with van der Waals surface area (Å²) in [4.78, 5) is 11.5. The van der Waals surface area contributed by atoms with E-state index < -0.39 is 5.92 Å². The molecule has 0 spiro atoms. The van der Waals surface area contributed by atoms with Gasteiger partial charge in [-0.15, -0.1) is 0 Å². The second kappa shape index (κ2) is 5.32. The van der Waals surface area contributed by atoms with E-state index in [0.717, 1.165) is 11.1 Å². The van der Waals surface area contributed by atoms with Gasteiger partial charge in [-0.3, -0.25) is 4.79 Å². The Kier molecular flexibility index (Phi) is 4.07. The second-order valence-corrected chi connectivity index (χ2v) is 3.94. The van der Waals surface area contributed by atoms with E-state index in [1.54, 1.807) is 6.92 Å². The first-order valence-electron chi connectivity index (χ1n) is 5.31. The minimum atomic E-state index is -0.605. The van der Waals surface area contributed by atoms with Gasteiger partial charge in [-0.1, -0.05) is 24.3 Å². The van der Waals surface area contributed by atoms with Gasteiger partial charge in [0.15, 0.2) is 0 Å². The monoisotopic (exact) mass is 216 g/mol. The molecule has 0 fully saturated rings. The van der Waals surface area contributed by atoms with Crippen LogP contribution in [-0.4, -0.2) is 5.91 Å². The molecular formula is C13H16N2O. The number of carbonyl (C=O) groups is 1. The van der Waals surface area contributed by atoms with Crippen LogP contribution in [0.2, 0.25) is 0 Å². The third kappa shape index (κ3) is 2.83. The number of hydrogen-bond donors (Lipinski definition) is 1. The Morgan fingerprint density at radius 3 is 2.56 bits per heavy atom. The fourth-order valence-electron chi connectivity index (χ4n) is 1.55. The van der Waals surface area contributed by atoms with Crippen molar-refractivity contribution in [3.63, 3.8) is 0 Å². The number of nitriles is 1. The number of amides is 1. The molecule has 0 radical (unpaired) electrons. The molecule has 0 unspecified atom stereocenters. The first-order chi connectivity index (χ1) is 7.56. The average Bonchev–Trinajstić information content (AvgIpc) is 2.28. The molecule has 2 atom stereocenters. The van der Waals surface area contributed by atoms with Crippen LogP contribution in [0.1, 0.15) is 31.0 Å². The highest BCUT2D eigenvalue weighted by atomic mass is 16.1. The first-order valence-corrected chi connectivity index (χ1v) is 5.31. The van der Waals surface area contributed by atoms with Crippen LogP contribution in [0.3, 0.4) is 0 Å². The smallest absolute Gasteiger partial charge is 0.237 e. The molecule has 0 aliphatic carbocycles. The van der Waals surface area contributed by atoms with Crippen molar-refractivity contribution in [3.05, 3.63) is 35.4 Å². The molecule has 0 heterocycles. The summed E-state index contributed by atoms with van der Waals surface area (Å²) < 4.78 is 0. The molecule has 3 nitrogen and oxygen atoms in total. The van der Waals surface area contributed by atoms with Gasteiger partial charge in [-0.25, -0.2) is 0 Å². The predicted molar refractivity (Wildman–Crippen MR) is 62.5 cm³/mol. The number of benzene rings is 1. The normalized spacial score (nSPS) is 13.6. The molecule has 1 aromatic rings. The van der Waals surface area contributed by atoms with Crippen LogP contribution in [0.15, 0.2) is 24.3 Å². The summed E-state index contributed by atoms with van der Waals surface area (Å²) in [6.07, 6.45) is 0. The van der Waals surface area contributed by atoms with Gasteiger partial charge in [0, 0.05) is 0 Å². The largest absolute Gasteiger partial charge is 0.348 e. The van der Waals surface area contributed by atoms with E-state index in [4.69, 9.17) is 5.26 Å². The van der Waals surface area contributed by atoms with Crippen LogP contribution in [-0.2, 0) is 4.79 Å². The summed E-state index contributed by atoms with van der Waals surface area (Å²) in [7, 11) is 0. The van der Waals surface area contributed by atoms with Gasteiger partial charge in [0.05, 0.1) is 12.1 Å². The van der Waals surface area contributed by atoms with Gasteiger partial charge in [0.2, 0.25) is 5.91 Å². The number of carbonyl (C=O) groups excluding carboxylic acids is 1. The summed E-state index contributed by atoms with van der Waals surface area (Å²) in [5, 5.41) is 11.5. The van der Waals surface area contributed by atoms with E-state index in [2.05, 4.69) is 5.32 Å². The van der Waals surface area contributed by atoms with Crippen molar-refractivity contribution in [1.29, 1.82) is 5.26 Å². The zero-order chi connectivity index (χ0) is 12.1. The minimum Gasteiger partial charge on any atom is -0.348 e. The highest BCUT2D eigenvalue weighted by molar-refractivity contribution is 5.81. The average molecular weight is 216 g/mol. The molecular weight excluding hydrogens is 200 g/mol. The summed E-state index contributed by atoms with van der Waals surface area (Å²) in [6, 6.07) is 9.75. The quantitative estimate of drug-likeness (QED) is 0.843. The lowest BCUT2D eigenvalue weighted by atomic mass is 10.0. The number of nitrogens with one attached hydrogen (secondary N) is 1. The van der Waals surface area contributed by atoms with Gasteiger partial charge in [-0.05, 0) is 31.9 Å². The maximum Gasteiger partial charge on any atom is 0.237 e. The van der Waals surface area contributed by atoms with E-state index in [-0.39, 0.29) is 11.9 Å². The Bertz CT molecular complexity index is 420. The summed E-state index contributed by atoms with van der Waals surface area (Å²) >= 11 is 0.